The molecule has 0 heterocycles. The normalized spacial score (nSPS) is 12.9. The van der Waals surface area contributed by atoms with Gasteiger partial charge in [-0.25, -0.2) is 0 Å². The van der Waals surface area contributed by atoms with Crippen LogP contribution in [0.4, 0.5) is 0 Å². The highest BCUT2D eigenvalue weighted by Crippen LogP contribution is 2.16. The Morgan fingerprint density at radius 2 is 0.833 bits per heavy atom. The van der Waals surface area contributed by atoms with E-state index in [2.05, 4.69) is 55.6 Å². The van der Waals surface area contributed by atoms with Crippen LogP contribution in [0.3, 0.4) is 0 Å². The monoisotopic (exact) mass is 844 g/mol. The number of carbonyl (C=O) groups excluding carboxylic acids is 2. The molecule has 60 heavy (non-hydrogen) atoms. The Morgan fingerprint density at radius 1 is 0.467 bits per heavy atom. The van der Waals surface area contributed by atoms with Gasteiger partial charge in [-0.1, -0.05) is 211 Å². The maximum Gasteiger partial charge on any atom is 0.305 e. The summed E-state index contributed by atoms with van der Waals surface area (Å²) in [6, 6.07) is -0.553. The Labute approximate surface area is 373 Å². The van der Waals surface area contributed by atoms with Gasteiger partial charge in [-0.05, 0) is 83.5 Å². The molecule has 0 aromatic carbocycles. The number of amides is 1. The van der Waals surface area contributed by atoms with E-state index >= 15 is 0 Å². The van der Waals surface area contributed by atoms with Crippen LogP contribution >= 0.6 is 0 Å². The fourth-order valence-electron chi connectivity index (χ4n) is 7.84. The molecule has 0 aromatic heterocycles. The topological polar surface area (TPSA) is 95.9 Å². The number of rotatable bonds is 48. The number of ether oxygens (including phenoxy) is 1. The molecule has 0 bridgehead atoms. The van der Waals surface area contributed by atoms with Gasteiger partial charge in [0.15, 0.2) is 0 Å². The van der Waals surface area contributed by atoms with E-state index in [-0.39, 0.29) is 18.5 Å². The third-order valence-electron chi connectivity index (χ3n) is 11.9. The van der Waals surface area contributed by atoms with E-state index in [1.54, 1.807) is 0 Å². The molecule has 2 atom stereocenters. The number of hydrogen-bond donors (Lipinski definition) is 3. The summed E-state index contributed by atoms with van der Waals surface area (Å²) in [5.74, 6) is -0.0762. The SMILES string of the molecule is CCCCC/C=C\C/C=C\CCCCCCCC(=O)OCCCCCC/C=C\CCCCCCCCCC(=O)NC(CO)C(O)CCCCCCCCCCCCCCC. The van der Waals surface area contributed by atoms with E-state index in [0.29, 0.717) is 25.9 Å². The summed E-state index contributed by atoms with van der Waals surface area (Å²) in [6.07, 6.45) is 59.7. The summed E-state index contributed by atoms with van der Waals surface area (Å²) in [7, 11) is 0. The zero-order chi connectivity index (χ0) is 43.7. The fraction of sp³-hybridized carbons (Fsp3) is 0.852. The standard InChI is InChI=1S/C54H101NO5/c1-3-5-7-9-11-13-15-17-19-24-28-32-36-40-44-48-54(59)60-49-45-41-37-33-29-25-21-18-20-23-27-31-35-39-43-47-53(58)55-51(50-56)52(57)46-42-38-34-30-26-22-16-14-12-10-8-6-4-2/h11,13,17,19,21,25,51-52,56-57H,3-10,12,14-16,18,20,22-24,26-50H2,1-2H3,(H,55,58)/b13-11-,19-17-,25-21-. The first kappa shape index (κ1) is 58.1. The summed E-state index contributed by atoms with van der Waals surface area (Å²) in [5.41, 5.74) is 0. The van der Waals surface area contributed by atoms with Crippen LogP contribution in [-0.2, 0) is 14.3 Å². The number of aliphatic hydroxyl groups excluding tert-OH is 2. The van der Waals surface area contributed by atoms with E-state index in [1.165, 1.54) is 154 Å². The molecule has 1 amide bonds. The van der Waals surface area contributed by atoms with Crippen LogP contribution in [0.5, 0.6) is 0 Å². The molecular formula is C54H101NO5. The minimum Gasteiger partial charge on any atom is -0.466 e. The Kier molecular flexibility index (Phi) is 48.1. The molecule has 0 spiro atoms. The van der Waals surface area contributed by atoms with Crippen LogP contribution in [0.15, 0.2) is 36.5 Å². The van der Waals surface area contributed by atoms with Gasteiger partial charge in [0.25, 0.3) is 0 Å². The Morgan fingerprint density at radius 3 is 1.32 bits per heavy atom. The van der Waals surface area contributed by atoms with Crippen molar-refractivity contribution in [2.45, 2.75) is 283 Å². The number of allylic oxidation sites excluding steroid dienone is 6. The lowest BCUT2D eigenvalue weighted by atomic mass is 10.0. The molecule has 0 aliphatic rings. The van der Waals surface area contributed by atoms with Crippen molar-refractivity contribution in [2.75, 3.05) is 13.2 Å². The predicted octanol–water partition coefficient (Wildman–Crippen LogP) is 15.7. The van der Waals surface area contributed by atoms with Gasteiger partial charge in [0.2, 0.25) is 5.91 Å². The first-order valence-corrected chi connectivity index (χ1v) is 26.2. The van der Waals surface area contributed by atoms with Gasteiger partial charge in [0.05, 0.1) is 25.4 Å². The van der Waals surface area contributed by atoms with Crippen LogP contribution in [0.2, 0.25) is 0 Å². The molecule has 6 heteroatoms. The summed E-state index contributed by atoms with van der Waals surface area (Å²) >= 11 is 0. The van der Waals surface area contributed by atoms with Crippen molar-refractivity contribution in [3.05, 3.63) is 36.5 Å². The number of unbranched alkanes of at least 4 members (excludes halogenated alkanes) is 31. The maximum atomic E-state index is 12.4. The fourth-order valence-corrected chi connectivity index (χ4v) is 7.84. The summed E-state index contributed by atoms with van der Waals surface area (Å²) in [5, 5.41) is 23.2. The van der Waals surface area contributed by atoms with Gasteiger partial charge in [-0.15, -0.1) is 0 Å². The molecule has 3 N–H and O–H groups in total. The Hall–Kier alpha value is -1.92. The summed E-state index contributed by atoms with van der Waals surface area (Å²) in [6.45, 7) is 4.88. The zero-order valence-corrected chi connectivity index (χ0v) is 39.9. The third kappa shape index (κ3) is 45.6. The van der Waals surface area contributed by atoms with Crippen molar-refractivity contribution in [1.82, 2.24) is 5.32 Å². The smallest absolute Gasteiger partial charge is 0.305 e. The molecule has 0 radical (unpaired) electrons. The lowest BCUT2D eigenvalue weighted by molar-refractivity contribution is -0.143. The van der Waals surface area contributed by atoms with Crippen molar-refractivity contribution in [2.24, 2.45) is 0 Å². The van der Waals surface area contributed by atoms with Crippen molar-refractivity contribution >= 4 is 11.9 Å². The van der Waals surface area contributed by atoms with Crippen LogP contribution in [0.1, 0.15) is 271 Å². The van der Waals surface area contributed by atoms with E-state index in [1.807, 2.05) is 0 Å². The molecule has 0 aliphatic carbocycles. The number of esters is 1. The number of aliphatic hydroxyl groups is 2. The minimum absolute atomic E-state index is 0.0245. The van der Waals surface area contributed by atoms with Gasteiger partial charge < -0.3 is 20.3 Å². The van der Waals surface area contributed by atoms with Gasteiger partial charge in [-0.2, -0.15) is 0 Å². The second-order valence-corrected chi connectivity index (χ2v) is 17.8. The molecule has 0 fully saturated rings. The van der Waals surface area contributed by atoms with Gasteiger partial charge in [0, 0.05) is 12.8 Å². The molecule has 0 aliphatic heterocycles. The second kappa shape index (κ2) is 49.7. The predicted molar refractivity (Wildman–Crippen MR) is 259 cm³/mol. The van der Waals surface area contributed by atoms with E-state index in [0.717, 1.165) is 83.5 Å². The van der Waals surface area contributed by atoms with Gasteiger partial charge in [-0.3, -0.25) is 9.59 Å². The Bertz CT molecular complexity index is 977. The number of hydrogen-bond acceptors (Lipinski definition) is 5. The Balaban J connectivity index is 3.49. The third-order valence-corrected chi connectivity index (χ3v) is 11.9. The largest absolute Gasteiger partial charge is 0.466 e. The van der Waals surface area contributed by atoms with Crippen molar-refractivity contribution in [1.29, 1.82) is 0 Å². The number of nitrogens with one attached hydrogen (secondary N) is 1. The number of carbonyl (C=O) groups is 2. The van der Waals surface area contributed by atoms with E-state index < -0.39 is 12.1 Å². The van der Waals surface area contributed by atoms with Crippen molar-refractivity contribution in [3.63, 3.8) is 0 Å². The molecule has 352 valence electrons. The van der Waals surface area contributed by atoms with Crippen LogP contribution in [0, 0.1) is 0 Å². The summed E-state index contributed by atoms with van der Waals surface area (Å²) < 4.78 is 5.45. The molecule has 0 saturated carbocycles. The highest BCUT2D eigenvalue weighted by molar-refractivity contribution is 5.76. The van der Waals surface area contributed by atoms with Gasteiger partial charge >= 0.3 is 5.97 Å². The highest BCUT2D eigenvalue weighted by atomic mass is 16.5. The average molecular weight is 844 g/mol. The molecule has 2 unspecified atom stereocenters. The first-order valence-electron chi connectivity index (χ1n) is 26.2. The van der Waals surface area contributed by atoms with Crippen LogP contribution in [0.25, 0.3) is 0 Å². The van der Waals surface area contributed by atoms with E-state index in [4.69, 9.17) is 4.74 Å². The van der Waals surface area contributed by atoms with Crippen LogP contribution < -0.4 is 5.32 Å². The van der Waals surface area contributed by atoms with Crippen molar-refractivity contribution < 1.29 is 24.5 Å². The summed E-state index contributed by atoms with van der Waals surface area (Å²) in [4.78, 5) is 24.5. The zero-order valence-electron chi connectivity index (χ0n) is 39.9. The molecule has 0 aromatic rings. The first-order chi connectivity index (χ1) is 29.5. The molecule has 0 rings (SSSR count). The van der Waals surface area contributed by atoms with Crippen molar-refractivity contribution in [3.8, 4) is 0 Å². The molecule has 0 saturated heterocycles. The lowest BCUT2D eigenvalue weighted by Crippen LogP contribution is -2.45. The molecule has 6 nitrogen and oxygen atoms in total. The minimum atomic E-state index is -0.674. The molecular weight excluding hydrogens is 743 g/mol. The second-order valence-electron chi connectivity index (χ2n) is 17.8. The average Bonchev–Trinajstić information content (AvgIpc) is 3.25. The van der Waals surface area contributed by atoms with Crippen LogP contribution in [-0.4, -0.2) is 47.4 Å². The van der Waals surface area contributed by atoms with Gasteiger partial charge in [0.1, 0.15) is 0 Å². The quantitative estimate of drug-likeness (QED) is 0.0322. The highest BCUT2D eigenvalue weighted by Gasteiger charge is 2.20. The van der Waals surface area contributed by atoms with E-state index in [9.17, 15) is 19.8 Å². The lowest BCUT2D eigenvalue weighted by Gasteiger charge is -2.22. The maximum absolute atomic E-state index is 12.4.